The largest absolute Gasteiger partial charge is 0.480 e. The molecule has 1 aromatic carbocycles. The Morgan fingerprint density at radius 1 is 1.19 bits per heavy atom. The minimum absolute atomic E-state index is 0.0247. The number of nitrogens with one attached hydrogen (secondary N) is 1. The number of carbonyl (C=O) groups excluding carboxylic acids is 3. The van der Waals surface area contributed by atoms with Gasteiger partial charge < -0.3 is 9.84 Å². The molecule has 3 amide bonds. The van der Waals surface area contributed by atoms with Crippen molar-refractivity contribution in [3.05, 3.63) is 29.3 Å². The van der Waals surface area contributed by atoms with Crippen molar-refractivity contribution < 1.29 is 29.0 Å². The summed E-state index contributed by atoms with van der Waals surface area (Å²) < 4.78 is 5.40. The van der Waals surface area contributed by atoms with E-state index in [0.29, 0.717) is 0 Å². The zero-order chi connectivity index (χ0) is 20.5. The summed E-state index contributed by atoms with van der Waals surface area (Å²) >= 11 is 0. The van der Waals surface area contributed by atoms with Crippen molar-refractivity contribution in [1.29, 1.82) is 0 Å². The lowest BCUT2D eigenvalue weighted by molar-refractivity contribution is -0.139. The molecule has 1 atom stereocenters. The van der Waals surface area contributed by atoms with Gasteiger partial charge in [-0.25, -0.2) is 9.59 Å². The van der Waals surface area contributed by atoms with Gasteiger partial charge in [0.15, 0.2) is 0 Å². The van der Waals surface area contributed by atoms with Gasteiger partial charge in [0.2, 0.25) is 0 Å². The summed E-state index contributed by atoms with van der Waals surface area (Å²) in [5, 5.41) is 11.9. The molecule has 0 saturated carbocycles. The van der Waals surface area contributed by atoms with Gasteiger partial charge in [0, 0.05) is 0 Å². The first kappa shape index (κ1) is 20.4. The first-order valence-corrected chi connectivity index (χ1v) is 8.66. The number of amides is 3. The molecule has 0 bridgehead atoms. The summed E-state index contributed by atoms with van der Waals surface area (Å²) in [6.45, 7) is 8.64. The maximum Gasteiger partial charge on any atom is 0.415 e. The number of hydrogen-bond acceptors (Lipinski definition) is 5. The van der Waals surface area contributed by atoms with Gasteiger partial charge in [-0.3, -0.25) is 19.8 Å². The highest BCUT2D eigenvalue weighted by Gasteiger charge is 2.39. The lowest BCUT2D eigenvalue weighted by atomic mass is 10.00. The van der Waals surface area contributed by atoms with Gasteiger partial charge in [0.25, 0.3) is 11.8 Å². The third-order valence-corrected chi connectivity index (χ3v) is 3.88. The van der Waals surface area contributed by atoms with E-state index in [4.69, 9.17) is 4.74 Å². The molecule has 146 valence electrons. The number of benzene rings is 1. The van der Waals surface area contributed by atoms with Gasteiger partial charge in [0.05, 0.1) is 16.8 Å². The summed E-state index contributed by atoms with van der Waals surface area (Å²) in [7, 11) is 0. The van der Waals surface area contributed by atoms with Crippen molar-refractivity contribution in [2.75, 3.05) is 4.90 Å². The molecular formula is C19H24N2O6. The highest BCUT2D eigenvalue weighted by molar-refractivity contribution is 6.24. The molecule has 1 aliphatic rings. The third kappa shape index (κ3) is 4.45. The van der Waals surface area contributed by atoms with E-state index < -0.39 is 35.5 Å². The number of nitrogens with zero attached hydrogens (tertiary/aromatic N) is 1. The van der Waals surface area contributed by atoms with E-state index in [1.807, 2.05) is 13.8 Å². The van der Waals surface area contributed by atoms with Gasteiger partial charge in [-0.15, -0.1) is 0 Å². The predicted octanol–water partition coefficient (Wildman–Crippen LogP) is 2.81. The smallest absolute Gasteiger partial charge is 0.415 e. The van der Waals surface area contributed by atoms with Crippen LogP contribution in [0.2, 0.25) is 0 Å². The highest BCUT2D eigenvalue weighted by Crippen LogP contribution is 2.32. The minimum Gasteiger partial charge on any atom is -0.480 e. The summed E-state index contributed by atoms with van der Waals surface area (Å²) in [5.41, 5.74) is -0.757. The molecule has 1 aliphatic heterocycles. The van der Waals surface area contributed by atoms with Crippen molar-refractivity contribution in [1.82, 2.24) is 5.32 Å². The number of carbonyl (C=O) groups is 4. The third-order valence-electron chi connectivity index (χ3n) is 3.88. The lowest BCUT2D eigenvalue weighted by Gasteiger charge is -2.33. The Morgan fingerprint density at radius 2 is 1.81 bits per heavy atom. The molecule has 1 heterocycles. The summed E-state index contributed by atoms with van der Waals surface area (Å²) in [5.74, 6) is -2.52. The summed E-state index contributed by atoms with van der Waals surface area (Å²) in [6, 6.07) is 3.13. The molecule has 0 saturated heterocycles. The van der Waals surface area contributed by atoms with Crippen LogP contribution in [0.3, 0.4) is 0 Å². The van der Waals surface area contributed by atoms with E-state index in [0.717, 1.165) is 4.90 Å². The Morgan fingerprint density at radius 3 is 2.33 bits per heavy atom. The van der Waals surface area contributed by atoms with E-state index >= 15 is 0 Å². The number of rotatable bonds is 5. The van der Waals surface area contributed by atoms with Crippen LogP contribution in [0.25, 0.3) is 0 Å². The second-order valence-corrected chi connectivity index (χ2v) is 7.82. The SMILES string of the molecule is CC(C)C[C@@H](C(=O)O)N(C(=O)OC(C)(C)C)c1cccc2c1C(=O)NC2=O. The highest BCUT2D eigenvalue weighted by atomic mass is 16.6. The monoisotopic (exact) mass is 376 g/mol. The second kappa shape index (κ2) is 7.38. The quantitative estimate of drug-likeness (QED) is 0.764. The molecule has 0 radical (unpaired) electrons. The average molecular weight is 376 g/mol. The van der Waals surface area contributed by atoms with Gasteiger partial charge in [-0.05, 0) is 45.2 Å². The maximum absolute atomic E-state index is 12.9. The molecule has 0 fully saturated rings. The normalized spacial score (nSPS) is 14.6. The standard InChI is InChI=1S/C19H24N2O6/c1-10(2)9-13(17(24)25)21(18(26)27-19(3,4)5)12-8-6-7-11-14(12)16(23)20-15(11)22/h6-8,10,13H,9H2,1-5H3,(H,24,25)(H,20,22,23)/t13-/m0/s1. The topological polar surface area (TPSA) is 113 Å². The van der Waals surface area contributed by atoms with Crippen molar-refractivity contribution in [2.24, 2.45) is 5.92 Å². The van der Waals surface area contributed by atoms with Crippen molar-refractivity contribution in [3.63, 3.8) is 0 Å². The van der Waals surface area contributed by atoms with Crippen LogP contribution in [0.4, 0.5) is 10.5 Å². The Bertz CT molecular complexity index is 794. The van der Waals surface area contributed by atoms with Crippen molar-refractivity contribution >= 4 is 29.6 Å². The van der Waals surface area contributed by atoms with E-state index in [2.05, 4.69) is 5.32 Å². The molecule has 2 rings (SSSR count). The summed E-state index contributed by atoms with van der Waals surface area (Å²) in [6.07, 6.45) is -0.746. The van der Waals surface area contributed by atoms with E-state index in [-0.39, 0.29) is 29.2 Å². The molecule has 0 aliphatic carbocycles. The zero-order valence-electron chi connectivity index (χ0n) is 16.0. The van der Waals surface area contributed by atoms with E-state index in [1.54, 1.807) is 20.8 Å². The zero-order valence-corrected chi connectivity index (χ0v) is 16.0. The molecule has 2 N–H and O–H groups in total. The van der Waals surface area contributed by atoms with Crippen LogP contribution in [0.5, 0.6) is 0 Å². The van der Waals surface area contributed by atoms with Gasteiger partial charge in [-0.2, -0.15) is 0 Å². The number of aliphatic carboxylic acids is 1. The van der Waals surface area contributed by atoms with Crippen LogP contribution < -0.4 is 10.2 Å². The van der Waals surface area contributed by atoms with Crippen LogP contribution in [-0.2, 0) is 9.53 Å². The molecule has 1 aromatic rings. The average Bonchev–Trinajstić information content (AvgIpc) is 2.80. The fourth-order valence-corrected chi connectivity index (χ4v) is 2.87. The Hall–Kier alpha value is -2.90. The first-order chi connectivity index (χ1) is 12.4. The van der Waals surface area contributed by atoms with Crippen LogP contribution in [0, 0.1) is 5.92 Å². The molecule has 0 unspecified atom stereocenters. The number of imide groups is 1. The first-order valence-electron chi connectivity index (χ1n) is 8.66. The van der Waals surface area contributed by atoms with Crippen LogP contribution >= 0.6 is 0 Å². The Kier molecular flexibility index (Phi) is 5.58. The van der Waals surface area contributed by atoms with Crippen LogP contribution in [-0.4, -0.2) is 40.6 Å². The molecule has 8 nitrogen and oxygen atoms in total. The van der Waals surface area contributed by atoms with Gasteiger partial charge in [0.1, 0.15) is 11.6 Å². The number of carboxylic acid groups (broad SMARTS) is 1. The van der Waals surface area contributed by atoms with E-state index in [1.165, 1.54) is 18.2 Å². The van der Waals surface area contributed by atoms with Crippen molar-refractivity contribution in [3.8, 4) is 0 Å². The minimum atomic E-state index is -1.25. The number of carboxylic acids is 1. The number of ether oxygens (including phenoxy) is 1. The number of anilines is 1. The number of fused-ring (bicyclic) bond motifs is 1. The van der Waals surface area contributed by atoms with Crippen molar-refractivity contribution in [2.45, 2.75) is 52.7 Å². The van der Waals surface area contributed by atoms with Gasteiger partial charge >= 0.3 is 12.1 Å². The fourth-order valence-electron chi connectivity index (χ4n) is 2.87. The van der Waals surface area contributed by atoms with E-state index in [9.17, 15) is 24.3 Å². The molecule has 8 heteroatoms. The Labute approximate surface area is 157 Å². The second-order valence-electron chi connectivity index (χ2n) is 7.82. The number of hydrogen-bond donors (Lipinski definition) is 2. The summed E-state index contributed by atoms with van der Waals surface area (Å²) in [4.78, 5) is 50.0. The fraction of sp³-hybridized carbons (Fsp3) is 0.474. The van der Waals surface area contributed by atoms with Crippen LogP contribution in [0.15, 0.2) is 18.2 Å². The lowest BCUT2D eigenvalue weighted by Crippen LogP contribution is -2.48. The molecular weight excluding hydrogens is 352 g/mol. The van der Waals surface area contributed by atoms with Crippen LogP contribution in [0.1, 0.15) is 61.8 Å². The molecule has 27 heavy (non-hydrogen) atoms. The molecule has 0 spiro atoms. The predicted molar refractivity (Wildman–Crippen MR) is 97.8 cm³/mol. The Balaban J connectivity index is 2.64. The maximum atomic E-state index is 12.9. The van der Waals surface area contributed by atoms with Gasteiger partial charge in [-0.1, -0.05) is 19.9 Å². The molecule has 0 aromatic heterocycles.